The topological polar surface area (TPSA) is 78.9 Å². The number of cyclic esters (lactones) is 1. The van der Waals surface area contributed by atoms with Crippen LogP contribution in [-0.4, -0.2) is 43.0 Å². The van der Waals surface area contributed by atoms with Crippen molar-refractivity contribution < 1.29 is 28.2 Å². The molecule has 2 aromatic rings. The van der Waals surface area contributed by atoms with E-state index < -0.39 is 24.0 Å². The van der Waals surface area contributed by atoms with Crippen LogP contribution in [0.5, 0.6) is 0 Å². The molecule has 148 valence electrons. The zero-order valence-electron chi connectivity index (χ0n) is 15.0. The summed E-state index contributed by atoms with van der Waals surface area (Å²) in [6, 6.07) is 11.6. The van der Waals surface area contributed by atoms with Gasteiger partial charge in [0.05, 0.1) is 18.9 Å². The zero-order valence-corrected chi connectivity index (χ0v) is 15.0. The lowest BCUT2D eigenvalue weighted by molar-refractivity contribution is -0.144. The highest BCUT2D eigenvalue weighted by atomic mass is 19.1. The number of halogens is 2. The van der Waals surface area contributed by atoms with Crippen LogP contribution in [0.4, 0.5) is 19.3 Å². The highest BCUT2D eigenvalue weighted by Crippen LogP contribution is 2.29. The van der Waals surface area contributed by atoms with Crippen LogP contribution < -0.4 is 10.2 Å². The van der Waals surface area contributed by atoms with E-state index in [-0.39, 0.29) is 18.9 Å². The van der Waals surface area contributed by atoms with Gasteiger partial charge in [0, 0.05) is 12.1 Å². The largest absolute Gasteiger partial charge is 0.478 e. The Morgan fingerprint density at radius 3 is 2.61 bits per heavy atom. The van der Waals surface area contributed by atoms with Crippen molar-refractivity contribution in [3.63, 3.8) is 0 Å². The lowest BCUT2D eigenvalue weighted by Crippen LogP contribution is -2.27. The summed E-state index contributed by atoms with van der Waals surface area (Å²) in [6.07, 6.45) is -1.61. The number of nitrogens with zero attached hydrogens (tertiary/aromatic N) is 1. The van der Waals surface area contributed by atoms with Crippen molar-refractivity contribution in [3.8, 4) is 11.1 Å². The van der Waals surface area contributed by atoms with Crippen molar-refractivity contribution in [2.45, 2.75) is 19.1 Å². The molecule has 1 aliphatic rings. The van der Waals surface area contributed by atoms with Crippen LogP contribution in [0.15, 0.2) is 42.5 Å². The van der Waals surface area contributed by atoms with Crippen LogP contribution in [-0.2, 0) is 16.1 Å². The Kier molecular flexibility index (Phi) is 6.20. The number of ether oxygens (including phenoxy) is 1. The Bertz CT molecular complexity index is 858. The van der Waals surface area contributed by atoms with Gasteiger partial charge in [-0.15, -0.1) is 0 Å². The number of carbonyl (C=O) groups is 2. The van der Waals surface area contributed by atoms with E-state index in [0.29, 0.717) is 30.6 Å². The summed E-state index contributed by atoms with van der Waals surface area (Å²) >= 11 is 0. The number of carbonyl (C=O) groups excluding carboxylic acids is 1. The molecule has 0 aromatic heterocycles. The van der Waals surface area contributed by atoms with Gasteiger partial charge in [-0.25, -0.2) is 14.0 Å². The predicted octanol–water partition coefficient (Wildman–Crippen LogP) is 3.35. The molecule has 6 nitrogen and oxygen atoms in total. The molecule has 0 bridgehead atoms. The van der Waals surface area contributed by atoms with Crippen molar-refractivity contribution >= 4 is 17.7 Å². The maximum absolute atomic E-state index is 14.6. The molecule has 2 N–H and O–H groups in total. The van der Waals surface area contributed by atoms with Gasteiger partial charge in [0.15, 0.2) is 0 Å². The minimum absolute atomic E-state index is 0.170. The third-order valence-corrected chi connectivity index (χ3v) is 4.43. The average molecular weight is 390 g/mol. The van der Waals surface area contributed by atoms with E-state index in [1.54, 1.807) is 24.3 Å². The Morgan fingerprint density at radius 1 is 1.25 bits per heavy atom. The van der Waals surface area contributed by atoms with Gasteiger partial charge in [-0.3, -0.25) is 9.29 Å². The molecule has 0 saturated carbocycles. The monoisotopic (exact) mass is 390 g/mol. The van der Waals surface area contributed by atoms with Gasteiger partial charge >= 0.3 is 12.1 Å². The second-order valence-corrected chi connectivity index (χ2v) is 6.40. The molecule has 28 heavy (non-hydrogen) atoms. The van der Waals surface area contributed by atoms with E-state index in [0.717, 1.165) is 10.5 Å². The number of carboxylic acid groups (broad SMARTS) is 1. The Hall–Kier alpha value is -3.00. The highest BCUT2D eigenvalue weighted by Gasteiger charge is 2.37. The van der Waals surface area contributed by atoms with Gasteiger partial charge in [0.2, 0.25) is 6.10 Å². The van der Waals surface area contributed by atoms with Gasteiger partial charge < -0.3 is 15.2 Å². The standard InChI is InChI=1S/C20H20F2N2O4/c21-8-1-9-23-11-13-2-4-14(5-3-13)16-7-6-15(10-17(16)22)24-12-18(19(25)26)28-20(24)27/h2-7,10,18,23H,1,8-9,11-12H2,(H,25,26)/t18-/m1/s1. The lowest BCUT2D eigenvalue weighted by atomic mass is 10.0. The van der Waals surface area contributed by atoms with Gasteiger partial charge in [-0.05, 0) is 42.3 Å². The summed E-state index contributed by atoms with van der Waals surface area (Å²) in [5, 5.41) is 12.1. The summed E-state index contributed by atoms with van der Waals surface area (Å²) in [7, 11) is 0. The molecular weight excluding hydrogens is 370 g/mol. The number of aliphatic carboxylic acids is 1. The SMILES string of the molecule is O=C(O)[C@H]1CN(c2ccc(-c3ccc(CNCCCF)cc3)c(F)c2)C(=O)O1. The predicted molar refractivity (Wildman–Crippen MR) is 99.4 cm³/mol. The third-order valence-electron chi connectivity index (χ3n) is 4.43. The van der Waals surface area contributed by atoms with Crippen molar-refractivity contribution in [1.82, 2.24) is 5.32 Å². The molecule has 1 heterocycles. The molecule has 1 aliphatic heterocycles. The molecule has 1 amide bonds. The summed E-state index contributed by atoms with van der Waals surface area (Å²) in [5.41, 5.74) is 2.27. The molecule has 2 aromatic carbocycles. The van der Waals surface area contributed by atoms with Gasteiger partial charge in [0.1, 0.15) is 5.82 Å². The summed E-state index contributed by atoms with van der Waals surface area (Å²) < 4.78 is 31.4. The maximum atomic E-state index is 14.6. The molecule has 0 radical (unpaired) electrons. The molecule has 1 saturated heterocycles. The van der Waals surface area contributed by atoms with E-state index in [2.05, 4.69) is 5.32 Å². The number of nitrogens with one attached hydrogen (secondary N) is 1. The summed E-state index contributed by atoms with van der Waals surface area (Å²) in [5.74, 6) is -1.77. The number of rotatable bonds is 8. The number of hydrogen-bond donors (Lipinski definition) is 2. The smallest absolute Gasteiger partial charge is 0.415 e. The normalized spacial score (nSPS) is 16.3. The van der Waals surface area contributed by atoms with E-state index >= 15 is 0 Å². The van der Waals surface area contributed by atoms with Gasteiger partial charge in [-0.1, -0.05) is 24.3 Å². The van der Waals surface area contributed by atoms with Crippen molar-refractivity contribution in [3.05, 3.63) is 53.8 Å². The number of alkyl halides is 1. The van der Waals surface area contributed by atoms with Crippen LogP contribution in [0.2, 0.25) is 0 Å². The third kappa shape index (κ3) is 4.45. The van der Waals surface area contributed by atoms with E-state index in [1.165, 1.54) is 6.07 Å². The van der Waals surface area contributed by atoms with Crippen LogP contribution in [0, 0.1) is 5.82 Å². The molecule has 0 unspecified atom stereocenters. The Labute approximate surface area is 160 Å². The quantitative estimate of drug-likeness (QED) is 0.676. The molecular formula is C20H20F2N2O4. The molecule has 8 heteroatoms. The van der Waals surface area contributed by atoms with Crippen LogP contribution in [0.3, 0.4) is 0 Å². The van der Waals surface area contributed by atoms with Crippen molar-refractivity contribution in [1.29, 1.82) is 0 Å². The van der Waals surface area contributed by atoms with Crippen LogP contribution in [0.25, 0.3) is 11.1 Å². The first-order chi connectivity index (χ1) is 13.5. The fourth-order valence-electron chi connectivity index (χ4n) is 2.93. The number of carboxylic acids is 1. The second-order valence-electron chi connectivity index (χ2n) is 6.40. The molecule has 0 aliphatic carbocycles. The first kappa shape index (κ1) is 19.8. The second kappa shape index (κ2) is 8.79. The summed E-state index contributed by atoms with van der Waals surface area (Å²) in [6.45, 7) is 0.671. The Balaban J connectivity index is 1.70. The minimum atomic E-state index is -1.26. The average Bonchev–Trinajstić information content (AvgIpc) is 3.08. The van der Waals surface area contributed by atoms with Crippen molar-refractivity contribution in [2.24, 2.45) is 0 Å². The molecule has 0 spiro atoms. The van der Waals surface area contributed by atoms with E-state index in [4.69, 9.17) is 9.84 Å². The van der Waals surface area contributed by atoms with Crippen molar-refractivity contribution in [2.75, 3.05) is 24.7 Å². The number of anilines is 1. The van der Waals surface area contributed by atoms with Gasteiger partial charge in [-0.2, -0.15) is 0 Å². The maximum Gasteiger partial charge on any atom is 0.415 e. The van der Waals surface area contributed by atoms with Gasteiger partial charge in [0.25, 0.3) is 0 Å². The van der Waals surface area contributed by atoms with E-state index in [1.807, 2.05) is 12.1 Å². The molecule has 1 atom stereocenters. The van der Waals surface area contributed by atoms with Crippen LogP contribution in [0.1, 0.15) is 12.0 Å². The first-order valence-corrected chi connectivity index (χ1v) is 8.86. The minimum Gasteiger partial charge on any atom is -0.478 e. The number of amides is 1. The Morgan fingerprint density at radius 2 is 2.00 bits per heavy atom. The van der Waals surface area contributed by atoms with E-state index in [9.17, 15) is 18.4 Å². The lowest BCUT2D eigenvalue weighted by Gasteiger charge is -2.14. The number of benzene rings is 2. The molecule has 1 fully saturated rings. The number of hydrogen-bond acceptors (Lipinski definition) is 4. The molecule has 3 rings (SSSR count). The van der Waals surface area contributed by atoms with Crippen LogP contribution >= 0.6 is 0 Å². The fraction of sp³-hybridized carbons (Fsp3) is 0.300. The highest BCUT2D eigenvalue weighted by molar-refractivity contribution is 5.94. The fourth-order valence-corrected chi connectivity index (χ4v) is 2.93. The first-order valence-electron chi connectivity index (χ1n) is 8.86. The summed E-state index contributed by atoms with van der Waals surface area (Å²) in [4.78, 5) is 23.9. The zero-order chi connectivity index (χ0) is 20.1.